The molecule has 0 bridgehead atoms. The van der Waals surface area contributed by atoms with E-state index in [1.54, 1.807) is 5.38 Å². The third kappa shape index (κ3) is 3.85. The fraction of sp³-hybridized carbons (Fsp3) is 0.188. The van der Waals surface area contributed by atoms with Crippen molar-refractivity contribution in [3.8, 4) is 5.75 Å². The van der Waals surface area contributed by atoms with Crippen LogP contribution in [0.2, 0.25) is 0 Å². The van der Waals surface area contributed by atoms with Gasteiger partial charge in [0.25, 0.3) is 11.5 Å². The Kier molecular flexibility index (Phi) is 4.68. The number of alkyl halides is 3. The first kappa shape index (κ1) is 17.9. The fourth-order valence-corrected chi connectivity index (χ4v) is 2.99. The van der Waals surface area contributed by atoms with E-state index in [0.717, 1.165) is 12.1 Å². The minimum absolute atomic E-state index is 0.0829. The zero-order chi connectivity index (χ0) is 18.9. The molecule has 3 aromatic rings. The molecule has 0 aliphatic carbocycles. The lowest BCUT2D eigenvalue weighted by Crippen LogP contribution is -2.32. The van der Waals surface area contributed by atoms with E-state index in [4.69, 9.17) is 0 Å². The number of thiazole rings is 1. The summed E-state index contributed by atoms with van der Waals surface area (Å²) in [4.78, 5) is 30.7. The van der Waals surface area contributed by atoms with Gasteiger partial charge in [-0.3, -0.25) is 14.0 Å². The second kappa shape index (κ2) is 6.79. The molecule has 10 heteroatoms. The van der Waals surface area contributed by atoms with Gasteiger partial charge in [0.1, 0.15) is 11.3 Å². The molecule has 0 spiro atoms. The summed E-state index contributed by atoms with van der Waals surface area (Å²) in [5, 5.41) is 1.69. The molecule has 0 radical (unpaired) electrons. The topological polar surface area (TPSA) is 63.9 Å². The summed E-state index contributed by atoms with van der Waals surface area (Å²) in [6.45, 7) is 0.108. The lowest BCUT2D eigenvalue weighted by atomic mass is 10.2. The Bertz CT molecular complexity index is 996. The summed E-state index contributed by atoms with van der Waals surface area (Å²) in [6, 6.07) is 5.15. The van der Waals surface area contributed by atoms with Crippen molar-refractivity contribution in [2.75, 3.05) is 7.05 Å². The molecule has 3 rings (SSSR count). The maximum Gasteiger partial charge on any atom is 0.573 e. The average molecular weight is 383 g/mol. The van der Waals surface area contributed by atoms with Crippen LogP contribution in [0.4, 0.5) is 13.2 Å². The number of carbonyl (C=O) groups excluding carboxylic acids is 1. The second-order valence-electron chi connectivity index (χ2n) is 5.39. The van der Waals surface area contributed by atoms with Gasteiger partial charge in [0.05, 0.1) is 0 Å². The van der Waals surface area contributed by atoms with Crippen molar-refractivity contribution < 1.29 is 22.7 Å². The van der Waals surface area contributed by atoms with Crippen molar-refractivity contribution in [1.82, 2.24) is 14.3 Å². The van der Waals surface area contributed by atoms with E-state index < -0.39 is 17.8 Å². The fourth-order valence-electron chi connectivity index (χ4n) is 2.32. The highest BCUT2D eigenvalue weighted by molar-refractivity contribution is 7.15. The smallest absolute Gasteiger partial charge is 0.406 e. The number of rotatable bonds is 4. The number of benzene rings is 1. The van der Waals surface area contributed by atoms with Gasteiger partial charge in [0, 0.05) is 31.4 Å². The van der Waals surface area contributed by atoms with E-state index >= 15 is 0 Å². The van der Waals surface area contributed by atoms with Crippen molar-refractivity contribution in [3.05, 3.63) is 63.5 Å². The summed E-state index contributed by atoms with van der Waals surface area (Å²) in [5.41, 5.74) is 0.0301. The first-order valence-electron chi connectivity index (χ1n) is 7.29. The normalized spacial score (nSPS) is 11.5. The molecule has 0 aliphatic rings. The molecule has 6 nitrogen and oxygen atoms in total. The molecule has 0 unspecified atom stereocenters. The van der Waals surface area contributed by atoms with E-state index in [2.05, 4.69) is 9.72 Å². The van der Waals surface area contributed by atoms with Gasteiger partial charge in [-0.2, -0.15) is 0 Å². The van der Waals surface area contributed by atoms with E-state index in [-0.39, 0.29) is 17.9 Å². The number of amides is 1. The summed E-state index contributed by atoms with van der Waals surface area (Å²) >= 11 is 1.27. The molecular formula is C16H12F3N3O3S. The van der Waals surface area contributed by atoms with Crippen LogP contribution in [0.25, 0.3) is 4.96 Å². The SMILES string of the molecule is CN(Cc1ccc(OC(F)(F)F)cc1)C(=O)c1cnc2sccn2c1=O. The third-order valence-corrected chi connectivity index (χ3v) is 4.27. The van der Waals surface area contributed by atoms with Crippen LogP contribution in [0, 0.1) is 0 Å². The van der Waals surface area contributed by atoms with E-state index in [1.165, 1.54) is 52.2 Å². The van der Waals surface area contributed by atoms with Crippen LogP contribution < -0.4 is 10.3 Å². The Morgan fingerprint density at radius 1 is 1.31 bits per heavy atom. The van der Waals surface area contributed by atoms with Crippen molar-refractivity contribution in [1.29, 1.82) is 0 Å². The molecule has 0 saturated carbocycles. The molecule has 0 atom stereocenters. The number of ether oxygens (including phenoxy) is 1. The van der Waals surface area contributed by atoms with Gasteiger partial charge >= 0.3 is 6.36 Å². The lowest BCUT2D eigenvalue weighted by Gasteiger charge is -2.17. The van der Waals surface area contributed by atoms with Crippen molar-refractivity contribution in [2.24, 2.45) is 0 Å². The first-order valence-corrected chi connectivity index (χ1v) is 8.17. The van der Waals surface area contributed by atoms with Crippen LogP contribution in [-0.2, 0) is 6.54 Å². The van der Waals surface area contributed by atoms with Crippen molar-refractivity contribution in [2.45, 2.75) is 12.9 Å². The minimum atomic E-state index is -4.76. The predicted molar refractivity (Wildman–Crippen MR) is 88.3 cm³/mol. The Balaban J connectivity index is 1.74. The van der Waals surface area contributed by atoms with Gasteiger partial charge in [-0.25, -0.2) is 4.98 Å². The Labute approximate surface area is 149 Å². The number of halogens is 3. The predicted octanol–water partition coefficient (Wildman–Crippen LogP) is 2.93. The van der Waals surface area contributed by atoms with Gasteiger partial charge in [-0.15, -0.1) is 24.5 Å². The highest BCUT2D eigenvalue weighted by Gasteiger charge is 2.31. The van der Waals surface area contributed by atoms with Crippen LogP contribution in [0.15, 0.2) is 46.8 Å². The molecule has 2 aromatic heterocycles. The monoisotopic (exact) mass is 383 g/mol. The van der Waals surface area contributed by atoms with Crippen LogP contribution in [0.3, 0.4) is 0 Å². The Morgan fingerprint density at radius 3 is 2.65 bits per heavy atom. The zero-order valence-electron chi connectivity index (χ0n) is 13.4. The van der Waals surface area contributed by atoms with Crippen LogP contribution in [-0.4, -0.2) is 33.6 Å². The maximum atomic E-state index is 12.5. The van der Waals surface area contributed by atoms with E-state index in [1.807, 2.05) is 0 Å². The molecule has 26 heavy (non-hydrogen) atoms. The van der Waals surface area contributed by atoms with Gasteiger partial charge in [0.15, 0.2) is 4.96 Å². The summed E-state index contributed by atoms with van der Waals surface area (Å²) < 4.78 is 41.6. The standard InChI is InChI=1S/C16H12F3N3O3S/c1-21(9-10-2-4-11(5-3-10)25-16(17,18)19)13(23)12-8-20-15-22(14(12)24)6-7-26-15/h2-8H,9H2,1H3. The molecule has 1 amide bonds. The number of aromatic nitrogens is 2. The zero-order valence-corrected chi connectivity index (χ0v) is 14.2. The Hall–Kier alpha value is -2.88. The number of nitrogens with zero attached hydrogens (tertiary/aromatic N) is 3. The average Bonchev–Trinajstić information content (AvgIpc) is 3.04. The molecule has 2 heterocycles. The van der Waals surface area contributed by atoms with Crippen molar-refractivity contribution >= 4 is 22.2 Å². The summed E-state index contributed by atoms with van der Waals surface area (Å²) in [5.74, 6) is -0.876. The van der Waals surface area contributed by atoms with E-state index in [9.17, 15) is 22.8 Å². The number of carbonyl (C=O) groups is 1. The summed E-state index contributed by atoms with van der Waals surface area (Å²) in [7, 11) is 1.49. The van der Waals surface area contributed by atoms with Gasteiger partial charge in [0.2, 0.25) is 0 Å². The third-order valence-electron chi connectivity index (χ3n) is 3.50. The molecule has 0 aliphatic heterocycles. The quantitative estimate of drug-likeness (QED) is 0.695. The largest absolute Gasteiger partial charge is 0.573 e. The molecule has 0 fully saturated rings. The van der Waals surface area contributed by atoms with Gasteiger partial charge in [-0.05, 0) is 17.7 Å². The van der Waals surface area contributed by atoms with Crippen molar-refractivity contribution in [3.63, 3.8) is 0 Å². The summed E-state index contributed by atoms with van der Waals surface area (Å²) in [6.07, 6.45) is -2.00. The lowest BCUT2D eigenvalue weighted by molar-refractivity contribution is -0.274. The van der Waals surface area contributed by atoms with Crippen LogP contribution >= 0.6 is 11.3 Å². The Morgan fingerprint density at radius 2 is 2.00 bits per heavy atom. The molecule has 0 saturated heterocycles. The van der Waals surface area contributed by atoms with Crippen LogP contribution in [0.1, 0.15) is 15.9 Å². The molecule has 0 N–H and O–H groups in total. The number of fused-ring (bicyclic) bond motifs is 1. The van der Waals surface area contributed by atoms with Crippen LogP contribution in [0.5, 0.6) is 5.75 Å². The van der Waals surface area contributed by atoms with Gasteiger partial charge < -0.3 is 9.64 Å². The maximum absolute atomic E-state index is 12.5. The van der Waals surface area contributed by atoms with E-state index in [0.29, 0.717) is 10.5 Å². The molecular weight excluding hydrogens is 371 g/mol. The number of hydrogen-bond acceptors (Lipinski definition) is 5. The number of hydrogen-bond donors (Lipinski definition) is 0. The second-order valence-corrected chi connectivity index (χ2v) is 6.26. The highest BCUT2D eigenvalue weighted by atomic mass is 32.1. The van der Waals surface area contributed by atoms with Gasteiger partial charge in [-0.1, -0.05) is 12.1 Å². The first-order chi connectivity index (χ1) is 12.2. The highest BCUT2D eigenvalue weighted by Crippen LogP contribution is 2.23. The molecule has 1 aromatic carbocycles. The molecule has 136 valence electrons. The minimum Gasteiger partial charge on any atom is -0.406 e.